The molecule has 37 heavy (non-hydrogen) atoms. The molecule has 7 heteroatoms. The van der Waals surface area contributed by atoms with Crippen molar-refractivity contribution < 1.29 is 9.53 Å². The molecule has 1 heterocycles. The van der Waals surface area contributed by atoms with Crippen molar-refractivity contribution in [3.63, 3.8) is 0 Å². The highest BCUT2D eigenvalue weighted by atomic mass is 35.5. The van der Waals surface area contributed by atoms with Gasteiger partial charge in [-0.1, -0.05) is 43.1 Å². The summed E-state index contributed by atoms with van der Waals surface area (Å²) in [5.41, 5.74) is 3.39. The first kappa shape index (κ1) is 26.4. The van der Waals surface area contributed by atoms with Gasteiger partial charge in [0, 0.05) is 11.6 Å². The second kappa shape index (κ2) is 11.6. The van der Waals surface area contributed by atoms with E-state index in [9.17, 15) is 9.59 Å². The van der Waals surface area contributed by atoms with Crippen molar-refractivity contribution in [3.05, 3.63) is 99.1 Å². The molecule has 0 aliphatic heterocycles. The Morgan fingerprint density at radius 3 is 2.49 bits per heavy atom. The predicted octanol–water partition coefficient (Wildman–Crippen LogP) is 6.42. The van der Waals surface area contributed by atoms with E-state index in [-0.39, 0.29) is 18.1 Å². The van der Waals surface area contributed by atoms with Crippen LogP contribution in [0.25, 0.3) is 16.6 Å². The topological polar surface area (TPSA) is 64.4 Å². The first-order chi connectivity index (χ1) is 17.8. The maximum absolute atomic E-state index is 13.8. The Labute approximate surface area is 222 Å². The Morgan fingerprint density at radius 1 is 1.05 bits per heavy atom. The van der Waals surface area contributed by atoms with Crippen molar-refractivity contribution in [2.75, 3.05) is 13.2 Å². The fourth-order valence-electron chi connectivity index (χ4n) is 4.31. The standard InChI is InChI=1S/C30H32ClN3O3/c1-5-6-17-33(28(35)19-37-25-15-12-23(31)13-16-25)22(4)29-32-27-10-8-7-9-26(27)30(36)34(29)24-14-11-20(2)21(3)18-24/h7-16,18,22H,5-6,17,19H2,1-4H3. The third-order valence-electron chi connectivity index (χ3n) is 6.64. The van der Waals surface area contributed by atoms with Gasteiger partial charge in [0.1, 0.15) is 11.6 Å². The van der Waals surface area contributed by atoms with Crippen LogP contribution in [0.2, 0.25) is 5.02 Å². The normalized spacial score (nSPS) is 11.9. The molecule has 4 rings (SSSR count). The minimum Gasteiger partial charge on any atom is -0.484 e. The monoisotopic (exact) mass is 517 g/mol. The summed E-state index contributed by atoms with van der Waals surface area (Å²) in [4.78, 5) is 33.9. The Hall–Kier alpha value is -3.64. The minimum atomic E-state index is -0.466. The van der Waals surface area contributed by atoms with Gasteiger partial charge in [0.15, 0.2) is 6.61 Å². The van der Waals surface area contributed by atoms with Crippen molar-refractivity contribution in [1.29, 1.82) is 0 Å². The van der Waals surface area contributed by atoms with Gasteiger partial charge in [0.2, 0.25) is 0 Å². The fourth-order valence-corrected chi connectivity index (χ4v) is 4.43. The highest BCUT2D eigenvalue weighted by Crippen LogP contribution is 2.25. The van der Waals surface area contributed by atoms with Gasteiger partial charge in [0.05, 0.1) is 22.6 Å². The second-order valence-electron chi connectivity index (χ2n) is 9.26. The van der Waals surface area contributed by atoms with E-state index in [0.29, 0.717) is 34.0 Å². The molecule has 6 nitrogen and oxygen atoms in total. The maximum atomic E-state index is 13.8. The average Bonchev–Trinajstić information content (AvgIpc) is 2.90. The molecular weight excluding hydrogens is 486 g/mol. The summed E-state index contributed by atoms with van der Waals surface area (Å²) < 4.78 is 7.41. The number of carbonyl (C=O) groups excluding carboxylic acids is 1. The SMILES string of the molecule is CCCCN(C(=O)COc1ccc(Cl)cc1)C(C)c1nc2ccccc2c(=O)n1-c1ccc(C)c(C)c1. The number of fused-ring (bicyclic) bond motifs is 1. The Kier molecular flexibility index (Phi) is 8.29. The summed E-state index contributed by atoms with van der Waals surface area (Å²) in [5, 5.41) is 1.14. The van der Waals surface area contributed by atoms with Crippen LogP contribution in [0.1, 0.15) is 49.7 Å². The first-order valence-corrected chi connectivity index (χ1v) is 12.9. The number of rotatable bonds is 9. The number of unbranched alkanes of at least 4 members (excludes halogenated alkanes) is 1. The summed E-state index contributed by atoms with van der Waals surface area (Å²) in [6.07, 6.45) is 1.74. The Balaban J connectivity index is 1.76. The van der Waals surface area contributed by atoms with Gasteiger partial charge >= 0.3 is 0 Å². The highest BCUT2D eigenvalue weighted by Gasteiger charge is 2.27. The molecule has 0 radical (unpaired) electrons. The molecule has 0 aliphatic rings. The molecule has 0 bridgehead atoms. The molecule has 0 spiro atoms. The zero-order chi connectivity index (χ0) is 26.5. The van der Waals surface area contributed by atoms with Crippen molar-refractivity contribution in [1.82, 2.24) is 14.5 Å². The summed E-state index contributed by atoms with van der Waals surface area (Å²) in [6.45, 7) is 8.45. The van der Waals surface area contributed by atoms with E-state index in [2.05, 4.69) is 6.92 Å². The van der Waals surface area contributed by atoms with Gasteiger partial charge in [0.25, 0.3) is 11.5 Å². The van der Waals surface area contributed by atoms with Crippen molar-refractivity contribution in [2.24, 2.45) is 0 Å². The van der Waals surface area contributed by atoms with E-state index in [1.807, 2.05) is 57.2 Å². The second-order valence-corrected chi connectivity index (χ2v) is 9.69. The van der Waals surface area contributed by atoms with Crippen LogP contribution in [-0.2, 0) is 4.79 Å². The highest BCUT2D eigenvalue weighted by molar-refractivity contribution is 6.30. The number of hydrogen-bond donors (Lipinski definition) is 0. The fraction of sp³-hybridized carbons (Fsp3) is 0.300. The lowest BCUT2D eigenvalue weighted by molar-refractivity contribution is -0.135. The minimum absolute atomic E-state index is 0.128. The maximum Gasteiger partial charge on any atom is 0.266 e. The van der Waals surface area contributed by atoms with Crippen LogP contribution in [0.3, 0.4) is 0 Å². The molecule has 1 amide bonds. The zero-order valence-corrected chi connectivity index (χ0v) is 22.5. The van der Waals surface area contributed by atoms with E-state index in [0.717, 1.165) is 29.7 Å². The van der Waals surface area contributed by atoms with Crippen LogP contribution in [0, 0.1) is 13.8 Å². The van der Waals surface area contributed by atoms with Gasteiger partial charge in [-0.25, -0.2) is 4.98 Å². The number of aromatic nitrogens is 2. The van der Waals surface area contributed by atoms with E-state index in [1.165, 1.54) is 0 Å². The summed E-state index contributed by atoms with van der Waals surface area (Å²) >= 11 is 5.96. The van der Waals surface area contributed by atoms with Crippen LogP contribution in [0.15, 0.2) is 71.5 Å². The van der Waals surface area contributed by atoms with Gasteiger partial charge in [-0.05, 0) is 86.8 Å². The van der Waals surface area contributed by atoms with Gasteiger partial charge < -0.3 is 9.64 Å². The lowest BCUT2D eigenvalue weighted by atomic mass is 10.1. The smallest absolute Gasteiger partial charge is 0.266 e. The molecule has 0 saturated heterocycles. The zero-order valence-electron chi connectivity index (χ0n) is 21.7. The molecule has 3 aromatic carbocycles. The summed E-state index contributed by atoms with van der Waals surface area (Å²) in [5.74, 6) is 0.907. The van der Waals surface area contributed by atoms with E-state index >= 15 is 0 Å². The average molecular weight is 518 g/mol. The van der Waals surface area contributed by atoms with Crippen LogP contribution in [0.5, 0.6) is 5.75 Å². The summed E-state index contributed by atoms with van der Waals surface area (Å²) in [7, 11) is 0. The third-order valence-corrected chi connectivity index (χ3v) is 6.89. The molecule has 192 valence electrons. The number of hydrogen-bond acceptors (Lipinski definition) is 4. The van der Waals surface area contributed by atoms with Crippen molar-refractivity contribution >= 4 is 28.4 Å². The molecule has 0 N–H and O–H groups in total. The lowest BCUT2D eigenvalue weighted by Crippen LogP contribution is -2.40. The Bertz CT molecular complexity index is 1460. The van der Waals surface area contributed by atoms with Crippen molar-refractivity contribution in [3.8, 4) is 11.4 Å². The van der Waals surface area contributed by atoms with E-state index in [4.69, 9.17) is 21.3 Å². The number of nitrogens with zero attached hydrogens (tertiary/aromatic N) is 3. The molecule has 1 atom stereocenters. The lowest BCUT2D eigenvalue weighted by Gasteiger charge is -2.30. The Morgan fingerprint density at radius 2 is 1.78 bits per heavy atom. The molecule has 0 aliphatic carbocycles. The number of amides is 1. The van der Waals surface area contributed by atoms with Crippen LogP contribution >= 0.6 is 11.6 Å². The number of carbonyl (C=O) groups is 1. The van der Waals surface area contributed by atoms with Crippen LogP contribution < -0.4 is 10.3 Å². The molecule has 1 unspecified atom stereocenters. The van der Waals surface area contributed by atoms with Gasteiger partial charge in [-0.15, -0.1) is 0 Å². The number of ether oxygens (including phenoxy) is 1. The largest absolute Gasteiger partial charge is 0.484 e. The van der Waals surface area contributed by atoms with Crippen LogP contribution in [-0.4, -0.2) is 33.5 Å². The van der Waals surface area contributed by atoms with Gasteiger partial charge in [-0.3, -0.25) is 14.2 Å². The van der Waals surface area contributed by atoms with Crippen LogP contribution in [0.4, 0.5) is 0 Å². The molecular formula is C30H32ClN3O3. The number of para-hydroxylation sites is 1. The van der Waals surface area contributed by atoms with E-state index in [1.54, 1.807) is 39.8 Å². The number of benzene rings is 3. The quantitative estimate of drug-likeness (QED) is 0.257. The predicted molar refractivity (Wildman–Crippen MR) is 149 cm³/mol. The third kappa shape index (κ3) is 5.86. The van der Waals surface area contributed by atoms with E-state index < -0.39 is 6.04 Å². The van der Waals surface area contributed by atoms with Gasteiger partial charge in [-0.2, -0.15) is 0 Å². The molecule has 0 saturated carbocycles. The number of halogens is 1. The number of aryl methyl sites for hydroxylation is 2. The molecule has 0 fully saturated rings. The summed E-state index contributed by atoms with van der Waals surface area (Å²) in [6, 6.07) is 19.7. The molecule has 1 aromatic heterocycles. The molecule has 4 aromatic rings. The first-order valence-electron chi connectivity index (χ1n) is 12.6. The van der Waals surface area contributed by atoms with Crippen molar-refractivity contribution in [2.45, 2.75) is 46.6 Å².